The van der Waals surface area contributed by atoms with Crippen LogP contribution in [0.5, 0.6) is 0 Å². The van der Waals surface area contributed by atoms with E-state index in [1.807, 2.05) is 0 Å². The minimum atomic E-state index is -1.75. The summed E-state index contributed by atoms with van der Waals surface area (Å²) in [6, 6.07) is 0. The van der Waals surface area contributed by atoms with Gasteiger partial charge < -0.3 is 31.1 Å². The second-order valence-electron chi connectivity index (χ2n) is 8.26. The predicted octanol–water partition coefficient (Wildman–Crippen LogP) is -2.58. The number of hydrogen-bond acceptors (Lipinski definition) is 8. The highest BCUT2D eigenvalue weighted by molar-refractivity contribution is 6.12. The van der Waals surface area contributed by atoms with Gasteiger partial charge in [0.25, 0.3) is 11.8 Å². The molecule has 0 spiro atoms. The molecule has 1 rings (SSSR count). The molecule has 0 radical (unpaired) electrons. The Morgan fingerprint density at radius 1 is 0.833 bits per heavy atom. The number of aliphatic hydroxyl groups is 4. The van der Waals surface area contributed by atoms with E-state index in [4.69, 9.17) is 0 Å². The van der Waals surface area contributed by atoms with Crippen LogP contribution in [-0.2, 0) is 19.2 Å². The van der Waals surface area contributed by atoms with E-state index in [0.29, 0.717) is 0 Å². The summed E-state index contributed by atoms with van der Waals surface area (Å²) in [5.41, 5.74) is -4.53. The van der Waals surface area contributed by atoms with E-state index in [-0.39, 0.29) is 19.4 Å². The largest absolute Gasteiger partial charge is 0.394 e. The lowest BCUT2D eigenvalue weighted by Gasteiger charge is -2.36. The molecule has 6 N–H and O–H groups in total. The van der Waals surface area contributed by atoms with E-state index in [9.17, 15) is 39.6 Å². The molecule has 0 aliphatic carbocycles. The van der Waals surface area contributed by atoms with Crippen LogP contribution in [0.15, 0.2) is 12.2 Å². The highest BCUT2D eigenvalue weighted by atomic mass is 16.3. The molecule has 4 amide bonds. The number of nitrogens with zero attached hydrogens (tertiary/aromatic N) is 1. The van der Waals surface area contributed by atoms with Crippen LogP contribution in [0.3, 0.4) is 0 Å². The Balaban J connectivity index is 3.04. The summed E-state index contributed by atoms with van der Waals surface area (Å²) in [4.78, 5) is 50.3. The third-order valence-corrected chi connectivity index (χ3v) is 5.19. The Hall–Kier alpha value is -2.34. The fourth-order valence-corrected chi connectivity index (χ4v) is 2.65. The molecular weight excluding hydrogens is 398 g/mol. The minimum Gasteiger partial charge on any atom is -0.394 e. The van der Waals surface area contributed by atoms with Gasteiger partial charge >= 0.3 is 0 Å². The number of aliphatic hydroxyl groups excluding tert-OH is 4. The number of rotatable bonds is 12. The average molecular weight is 429 g/mol. The molecular formula is C19H31N3O8. The summed E-state index contributed by atoms with van der Waals surface area (Å²) in [5, 5.41) is 42.7. The van der Waals surface area contributed by atoms with Crippen molar-refractivity contribution in [2.45, 2.75) is 44.7 Å². The third kappa shape index (κ3) is 5.85. The zero-order valence-electron chi connectivity index (χ0n) is 17.5. The monoisotopic (exact) mass is 429 g/mol. The van der Waals surface area contributed by atoms with Crippen LogP contribution < -0.4 is 10.6 Å². The van der Waals surface area contributed by atoms with Gasteiger partial charge in [-0.05, 0) is 33.6 Å². The molecule has 1 aliphatic rings. The van der Waals surface area contributed by atoms with Gasteiger partial charge in [-0.3, -0.25) is 24.1 Å². The quantitative estimate of drug-likeness (QED) is 0.145. The van der Waals surface area contributed by atoms with Crippen LogP contribution in [0.25, 0.3) is 0 Å². The Bertz CT molecular complexity index is 648. The van der Waals surface area contributed by atoms with Gasteiger partial charge in [-0.2, -0.15) is 0 Å². The molecule has 0 aromatic rings. The first-order valence-corrected chi connectivity index (χ1v) is 9.52. The summed E-state index contributed by atoms with van der Waals surface area (Å²) in [7, 11) is 0. The lowest BCUT2D eigenvalue weighted by Crippen LogP contribution is -2.62. The summed E-state index contributed by atoms with van der Waals surface area (Å²) < 4.78 is 0. The van der Waals surface area contributed by atoms with Crippen LogP contribution in [0.2, 0.25) is 0 Å². The van der Waals surface area contributed by atoms with Gasteiger partial charge in [-0.1, -0.05) is 0 Å². The first-order chi connectivity index (χ1) is 13.9. The van der Waals surface area contributed by atoms with Gasteiger partial charge in [0, 0.05) is 18.7 Å². The molecule has 170 valence electrons. The van der Waals surface area contributed by atoms with E-state index in [2.05, 4.69) is 10.6 Å². The highest BCUT2D eigenvalue weighted by Gasteiger charge is 2.45. The summed E-state index contributed by atoms with van der Waals surface area (Å²) in [6.07, 6.45) is 2.27. The predicted molar refractivity (Wildman–Crippen MR) is 105 cm³/mol. The Morgan fingerprint density at radius 2 is 1.20 bits per heavy atom. The average Bonchev–Trinajstić information content (AvgIpc) is 3.05. The van der Waals surface area contributed by atoms with Gasteiger partial charge in [0.05, 0.1) is 37.5 Å². The molecule has 11 heteroatoms. The Labute approximate surface area is 174 Å². The van der Waals surface area contributed by atoms with Crippen LogP contribution in [-0.4, -0.2) is 93.0 Å². The van der Waals surface area contributed by atoms with E-state index in [1.54, 1.807) is 0 Å². The first kappa shape index (κ1) is 25.7. The van der Waals surface area contributed by atoms with Crippen LogP contribution >= 0.6 is 0 Å². The topological polar surface area (TPSA) is 176 Å². The number of amides is 4. The molecule has 0 aromatic carbocycles. The van der Waals surface area contributed by atoms with Gasteiger partial charge in [-0.15, -0.1) is 0 Å². The van der Waals surface area contributed by atoms with Crippen molar-refractivity contribution >= 4 is 23.6 Å². The van der Waals surface area contributed by atoms with Gasteiger partial charge in [-0.25, -0.2) is 0 Å². The van der Waals surface area contributed by atoms with Crippen LogP contribution in [0.1, 0.15) is 33.6 Å². The van der Waals surface area contributed by atoms with Crippen molar-refractivity contribution in [3.8, 4) is 0 Å². The molecule has 1 heterocycles. The maximum atomic E-state index is 13.0. The molecule has 0 saturated heterocycles. The second-order valence-corrected chi connectivity index (χ2v) is 8.26. The summed E-state index contributed by atoms with van der Waals surface area (Å²) in [6.45, 7) is 1.76. The summed E-state index contributed by atoms with van der Waals surface area (Å²) in [5.74, 6) is -2.59. The minimum absolute atomic E-state index is 0.0185. The lowest BCUT2D eigenvalue weighted by molar-refractivity contribution is -0.146. The van der Waals surface area contributed by atoms with Crippen molar-refractivity contribution in [1.29, 1.82) is 0 Å². The number of hydrogen-bond donors (Lipinski definition) is 6. The molecule has 11 nitrogen and oxygen atoms in total. The number of carbonyl (C=O) groups is 4. The second kappa shape index (κ2) is 10.1. The van der Waals surface area contributed by atoms with Crippen molar-refractivity contribution in [3.05, 3.63) is 12.2 Å². The normalized spacial score (nSPS) is 15.0. The molecule has 0 saturated carbocycles. The fourth-order valence-electron chi connectivity index (χ4n) is 2.65. The molecule has 30 heavy (non-hydrogen) atoms. The fraction of sp³-hybridized carbons (Fsp3) is 0.684. The van der Waals surface area contributed by atoms with E-state index < -0.39 is 66.5 Å². The molecule has 1 aliphatic heterocycles. The molecule has 0 aromatic heterocycles. The van der Waals surface area contributed by atoms with Crippen molar-refractivity contribution < 1.29 is 39.6 Å². The van der Waals surface area contributed by atoms with Gasteiger partial charge in [0.15, 0.2) is 0 Å². The maximum Gasteiger partial charge on any atom is 0.253 e. The molecule has 0 bridgehead atoms. The summed E-state index contributed by atoms with van der Waals surface area (Å²) >= 11 is 0. The van der Waals surface area contributed by atoms with Crippen molar-refractivity contribution in [2.24, 2.45) is 5.41 Å². The first-order valence-electron chi connectivity index (χ1n) is 9.52. The Kier molecular flexibility index (Phi) is 8.66. The van der Waals surface area contributed by atoms with Crippen molar-refractivity contribution in [3.63, 3.8) is 0 Å². The van der Waals surface area contributed by atoms with Gasteiger partial charge in [0.2, 0.25) is 11.8 Å². The van der Waals surface area contributed by atoms with E-state index in [1.165, 1.54) is 20.8 Å². The van der Waals surface area contributed by atoms with Crippen molar-refractivity contribution in [2.75, 3.05) is 33.0 Å². The number of imide groups is 1. The third-order valence-electron chi connectivity index (χ3n) is 5.19. The molecule has 0 unspecified atom stereocenters. The van der Waals surface area contributed by atoms with E-state index in [0.717, 1.165) is 17.1 Å². The molecule has 0 fully saturated rings. The standard InChI is InChI=1S/C19H31N3O8/c1-17(9-23,10-24)20-15(29)19(3,16(30)21-18(2,11-25)12-26)7-4-8-22-13(27)5-6-14(22)28/h5-6,23-26H,4,7-12H2,1-3H3,(H,20,29)(H,21,30). The number of nitrogens with one attached hydrogen (secondary N) is 2. The van der Waals surface area contributed by atoms with Gasteiger partial charge in [0.1, 0.15) is 5.41 Å². The van der Waals surface area contributed by atoms with Crippen LogP contribution in [0.4, 0.5) is 0 Å². The van der Waals surface area contributed by atoms with Crippen LogP contribution in [0, 0.1) is 5.41 Å². The van der Waals surface area contributed by atoms with Crippen molar-refractivity contribution in [1.82, 2.24) is 15.5 Å². The maximum absolute atomic E-state index is 13.0. The zero-order valence-corrected chi connectivity index (χ0v) is 17.5. The number of carbonyl (C=O) groups excluding carboxylic acids is 4. The SMILES string of the molecule is CC(CO)(CO)NC(=O)C(C)(CCCN1C(=O)C=CC1=O)C(=O)NC(C)(CO)CO. The Morgan fingerprint density at radius 3 is 1.53 bits per heavy atom. The highest BCUT2D eigenvalue weighted by Crippen LogP contribution is 2.27. The smallest absolute Gasteiger partial charge is 0.253 e. The van der Waals surface area contributed by atoms with E-state index >= 15 is 0 Å². The lowest BCUT2D eigenvalue weighted by atomic mass is 9.81. The molecule has 0 atom stereocenters. The zero-order chi connectivity index (χ0) is 23.2.